The van der Waals surface area contributed by atoms with E-state index in [1.165, 1.54) is 0 Å². The molecule has 0 saturated carbocycles. The molecular weight excluding hydrogens is 362 g/mol. The van der Waals surface area contributed by atoms with Crippen molar-refractivity contribution in [2.24, 2.45) is 5.92 Å². The number of rotatable bonds is 7. The van der Waals surface area contributed by atoms with Gasteiger partial charge >= 0.3 is 6.03 Å². The first-order valence-corrected chi connectivity index (χ1v) is 10.1. The molecule has 156 valence electrons. The third-order valence-electron chi connectivity index (χ3n) is 4.20. The van der Waals surface area contributed by atoms with Crippen molar-refractivity contribution >= 4 is 17.6 Å². The van der Waals surface area contributed by atoms with Gasteiger partial charge in [0.1, 0.15) is 0 Å². The maximum absolute atomic E-state index is 13.0. The van der Waals surface area contributed by atoms with Gasteiger partial charge in [-0.25, -0.2) is 4.79 Å². The van der Waals surface area contributed by atoms with Crippen molar-refractivity contribution in [3.63, 3.8) is 0 Å². The molecule has 0 bridgehead atoms. The zero-order chi connectivity index (χ0) is 21.4. The Balaban J connectivity index is 2.23. The number of benzene rings is 2. The Morgan fingerprint density at radius 1 is 0.966 bits per heavy atom. The van der Waals surface area contributed by atoms with Crippen LogP contribution in [0.1, 0.15) is 45.7 Å². The minimum Gasteiger partial charge on any atom is -0.356 e. The highest BCUT2D eigenvalue weighted by molar-refractivity contribution is 5.92. The van der Waals surface area contributed by atoms with Crippen LogP contribution in [0.2, 0.25) is 0 Å². The zero-order valence-corrected chi connectivity index (χ0v) is 18.2. The number of carbonyl (C=O) groups is 2. The molecule has 2 N–H and O–H groups in total. The maximum atomic E-state index is 13.0. The van der Waals surface area contributed by atoms with Crippen LogP contribution >= 0.6 is 0 Å². The van der Waals surface area contributed by atoms with Crippen molar-refractivity contribution < 1.29 is 9.59 Å². The standard InChI is InChI=1S/C24H33N3O2/c1-18(2)16-25-22(28)15-20-12-9-13-21(14-20)27(23(29)26-24(3,4)5)17-19-10-7-6-8-11-19/h6-14,18H,15-17H2,1-5H3,(H,25,28)(H,26,29). The van der Waals surface area contributed by atoms with Gasteiger partial charge in [0.25, 0.3) is 0 Å². The monoisotopic (exact) mass is 395 g/mol. The van der Waals surface area contributed by atoms with Gasteiger partial charge in [-0.15, -0.1) is 0 Å². The highest BCUT2D eigenvalue weighted by atomic mass is 16.2. The maximum Gasteiger partial charge on any atom is 0.322 e. The lowest BCUT2D eigenvalue weighted by Gasteiger charge is -2.29. The van der Waals surface area contributed by atoms with Gasteiger partial charge in [0.2, 0.25) is 5.91 Å². The number of hydrogen-bond acceptors (Lipinski definition) is 2. The number of urea groups is 1. The van der Waals surface area contributed by atoms with Crippen LogP contribution in [-0.4, -0.2) is 24.0 Å². The smallest absolute Gasteiger partial charge is 0.322 e. The Morgan fingerprint density at radius 3 is 2.24 bits per heavy atom. The van der Waals surface area contributed by atoms with Crippen LogP contribution in [0.3, 0.4) is 0 Å². The Morgan fingerprint density at radius 2 is 1.62 bits per heavy atom. The SMILES string of the molecule is CC(C)CNC(=O)Cc1cccc(N(Cc2ccccc2)C(=O)NC(C)(C)C)c1. The van der Waals surface area contributed by atoms with Crippen LogP contribution in [0, 0.1) is 5.92 Å². The molecule has 2 rings (SSSR count). The average molecular weight is 396 g/mol. The molecule has 0 aliphatic rings. The fourth-order valence-electron chi connectivity index (χ4n) is 2.83. The van der Waals surface area contributed by atoms with E-state index in [9.17, 15) is 9.59 Å². The number of amides is 3. The summed E-state index contributed by atoms with van der Waals surface area (Å²) in [7, 11) is 0. The summed E-state index contributed by atoms with van der Waals surface area (Å²) >= 11 is 0. The summed E-state index contributed by atoms with van der Waals surface area (Å²) in [5.41, 5.74) is 2.34. The van der Waals surface area contributed by atoms with Crippen LogP contribution in [0.25, 0.3) is 0 Å². The third kappa shape index (κ3) is 7.98. The number of carbonyl (C=O) groups excluding carboxylic acids is 2. The topological polar surface area (TPSA) is 61.4 Å². The predicted octanol–water partition coefficient (Wildman–Crippen LogP) is 4.52. The normalized spacial score (nSPS) is 11.2. The molecule has 0 heterocycles. The lowest BCUT2D eigenvalue weighted by Crippen LogP contribution is -2.48. The first-order chi connectivity index (χ1) is 13.6. The number of hydrogen-bond donors (Lipinski definition) is 2. The Bertz CT molecular complexity index is 810. The van der Waals surface area contributed by atoms with Crippen molar-refractivity contribution in [3.05, 3.63) is 65.7 Å². The van der Waals surface area contributed by atoms with E-state index in [0.717, 1.165) is 16.8 Å². The summed E-state index contributed by atoms with van der Waals surface area (Å²) in [5, 5.41) is 5.98. The molecule has 0 aromatic heterocycles. The number of nitrogens with one attached hydrogen (secondary N) is 2. The highest BCUT2D eigenvalue weighted by Crippen LogP contribution is 2.20. The van der Waals surface area contributed by atoms with Crippen molar-refractivity contribution in [3.8, 4) is 0 Å². The Labute approximate surface area is 174 Å². The molecule has 0 aliphatic heterocycles. The summed E-state index contributed by atoms with van der Waals surface area (Å²) in [5.74, 6) is 0.400. The van der Waals surface area contributed by atoms with Gasteiger partial charge in [-0.3, -0.25) is 9.69 Å². The van der Waals surface area contributed by atoms with Gasteiger partial charge in [0, 0.05) is 17.8 Å². The van der Waals surface area contributed by atoms with Crippen LogP contribution in [0.15, 0.2) is 54.6 Å². The first kappa shape index (κ1) is 22.5. The van der Waals surface area contributed by atoms with Crippen LogP contribution in [-0.2, 0) is 17.8 Å². The van der Waals surface area contributed by atoms with Crippen molar-refractivity contribution in [1.82, 2.24) is 10.6 Å². The van der Waals surface area contributed by atoms with E-state index in [2.05, 4.69) is 24.5 Å². The molecule has 0 atom stereocenters. The lowest BCUT2D eigenvalue weighted by molar-refractivity contribution is -0.120. The molecule has 5 heteroatoms. The highest BCUT2D eigenvalue weighted by Gasteiger charge is 2.21. The van der Waals surface area contributed by atoms with E-state index in [0.29, 0.717) is 25.4 Å². The summed E-state index contributed by atoms with van der Waals surface area (Å²) in [4.78, 5) is 26.9. The van der Waals surface area contributed by atoms with E-state index < -0.39 is 0 Å². The quantitative estimate of drug-likeness (QED) is 0.724. The third-order valence-corrected chi connectivity index (χ3v) is 4.20. The van der Waals surface area contributed by atoms with Crippen molar-refractivity contribution in [2.75, 3.05) is 11.4 Å². The van der Waals surface area contributed by atoms with Gasteiger partial charge in [-0.1, -0.05) is 56.3 Å². The van der Waals surface area contributed by atoms with Gasteiger partial charge in [0.05, 0.1) is 13.0 Å². The molecule has 0 fully saturated rings. The predicted molar refractivity (Wildman–Crippen MR) is 119 cm³/mol. The molecule has 29 heavy (non-hydrogen) atoms. The van der Waals surface area contributed by atoms with Gasteiger partial charge < -0.3 is 10.6 Å². The van der Waals surface area contributed by atoms with Crippen LogP contribution < -0.4 is 15.5 Å². The second kappa shape index (κ2) is 10.1. The molecule has 0 saturated heterocycles. The molecule has 0 aliphatic carbocycles. The Hall–Kier alpha value is -2.82. The van der Waals surface area contributed by atoms with Gasteiger partial charge in [-0.05, 0) is 49.9 Å². The molecule has 0 spiro atoms. The van der Waals surface area contributed by atoms with Crippen LogP contribution in [0.4, 0.5) is 10.5 Å². The first-order valence-electron chi connectivity index (χ1n) is 10.1. The van der Waals surface area contributed by atoms with Gasteiger partial charge in [0.15, 0.2) is 0 Å². The molecule has 5 nitrogen and oxygen atoms in total. The molecule has 2 aromatic carbocycles. The second-order valence-electron chi connectivity index (χ2n) is 8.80. The fraction of sp³-hybridized carbons (Fsp3) is 0.417. The minimum atomic E-state index is -0.347. The number of nitrogens with zero attached hydrogens (tertiary/aromatic N) is 1. The van der Waals surface area contributed by atoms with Crippen LogP contribution in [0.5, 0.6) is 0 Å². The van der Waals surface area contributed by atoms with E-state index >= 15 is 0 Å². The van der Waals surface area contributed by atoms with Crippen molar-refractivity contribution in [2.45, 2.75) is 53.1 Å². The zero-order valence-electron chi connectivity index (χ0n) is 18.2. The fourth-order valence-corrected chi connectivity index (χ4v) is 2.83. The molecule has 3 amide bonds. The summed E-state index contributed by atoms with van der Waals surface area (Å²) < 4.78 is 0. The van der Waals surface area contributed by atoms with E-state index in [4.69, 9.17) is 0 Å². The lowest BCUT2D eigenvalue weighted by atomic mass is 10.1. The largest absolute Gasteiger partial charge is 0.356 e. The van der Waals surface area contributed by atoms with E-state index in [1.807, 2.05) is 75.4 Å². The summed E-state index contributed by atoms with van der Waals surface area (Å²) in [6.07, 6.45) is 0.292. The summed E-state index contributed by atoms with van der Waals surface area (Å²) in [6.45, 7) is 11.1. The molecular formula is C24H33N3O2. The average Bonchev–Trinajstić information content (AvgIpc) is 2.64. The minimum absolute atomic E-state index is 0.00963. The molecule has 0 unspecified atom stereocenters. The molecule has 0 radical (unpaired) electrons. The Kier molecular flexibility index (Phi) is 7.82. The van der Waals surface area contributed by atoms with Crippen molar-refractivity contribution in [1.29, 1.82) is 0 Å². The van der Waals surface area contributed by atoms with E-state index in [1.54, 1.807) is 4.90 Å². The summed E-state index contributed by atoms with van der Waals surface area (Å²) in [6, 6.07) is 17.4. The van der Waals surface area contributed by atoms with E-state index in [-0.39, 0.29) is 17.5 Å². The molecule has 2 aromatic rings. The number of anilines is 1. The second-order valence-corrected chi connectivity index (χ2v) is 8.80. The van der Waals surface area contributed by atoms with Gasteiger partial charge in [-0.2, -0.15) is 0 Å².